The molecule has 0 spiro atoms. The predicted octanol–water partition coefficient (Wildman–Crippen LogP) is 3.32. The van der Waals surface area contributed by atoms with E-state index in [1.54, 1.807) is 0 Å². The summed E-state index contributed by atoms with van der Waals surface area (Å²) in [5.74, 6) is 0.975. The van der Waals surface area contributed by atoms with Gasteiger partial charge in [-0.05, 0) is 31.8 Å². The van der Waals surface area contributed by atoms with Gasteiger partial charge in [0.1, 0.15) is 5.78 Å². The van der Waals surface area contributed by atoms with Crippen molar-refractivity contribution in [3.05, 3.63) is 0 Å². The minimum atomic E-state index is 0.371. The summed E-state index contributed by atoms with van der Waals surface area (Å²) in [5, 5.41) is 3.32. The number of ether oxygens (including phenoxy) is 1. The molecule has 0 aliphatic carbocycles. The van der Waals surface area contributed by atoms with Crippen LogP contribution in [0.25, 0.3) is 0 Å². The third kappa shape index (κ3) is 7.68. The topological polar surface area (TPSA) is 38.3 Å². The van der Waals surface area contributed by atoms with Gasteiger partial charge >= 0.3 is 0 Å². The van der Waals surface area contributed by atoms with Crippen molar-refractivity contribution in [1.29, 1.82) is 0 Å². The van der Waals surface area contributed by atoms with Gasteiger partial charge in [-0.15, -0.1) is 0 Å². The molecule has 1 rings (SSSR count). The number of hydrogen-bond donors (Lipinski definition) is 1. The smallest absolute Gasteiger partial charge is 0.135 e. The Bertz CT molecular complexity index is 237. The van der Waals surface area contributed by atoms with Crippen LogP contribution in [0.3, 0.4) is 0 Å². The Labute approximate surface area is 118 Å². The van der Waals surface area contributed by atoms with Gasteiger partial charge in [0.15, 0.2) is 0 Å². The number of ketones is 1. The minimum Gasteiger partial charge on any atom is -0.378 e. The van der Waals surface area contributed by atoms with E-state index in [0.717, 1.165) is 38.8 Å². The highest BCUT2D eigenvalue weighted by Crippen LogP contribution is 2.18. The second-order valence-corrected chi connectivity index (χ2v) is 5.73. The molecule has 0 aromatic heterocycles. The average molecular weight is 269 g/mol. The lowest BCUT2D eigenvalue weighted by Gasteiger charge is -2.23. The molecule has 0 saturated carbocycles. The summed E-state index contributed by atoms with van der Waals surface area (Å²) >= 11 is 0. The molecule has 1 heterocycles. The fourth-order valence-electron chi connectivity index (χ4n) is 2.67. The Morgan fingerprint density at radius 1 is 1.32 bits per heavy atom. The second kappa shape index (κ2) is 10.4. The summed E-state index contributed by atoms with van der Waals surface area (Å²) in [4.78, 5) is 11.9. The van der Waals surface area contributed by atoms with Gasteiger partial charge in [0.2, 0.25) is 0 Å². The molecule has 1 N–H and O–H groups in total. The molecule has 3 heteroatoms. The highest BCUT2D eigenvalue weighted by Gasteiger charge is 2.15. The van der Waals surface area contributed by atoms with E-state index in [1.807, 2.05) is 0 Å². The lowest BCUT2D eigenvalue weighted by Crippen LogP contribution is -2.32. The van der Waals surface area contributed by atoms with Crippen LogP contribution in [-0.4, -0.2) is 31.6 Å². The lowest BCUT2D eigenvalue weighted by molar-refractivity contribution is -0.121. The molecule has 0 amide bonds. The van der Waals surface area contributed by atoms with Crippen LogP contribution < -0.4 is 5.32 Å². The summed E-state index contributed by atoms with van der Waals surface area (Å²) < 4.78 is 5.79. The molecule has 0 aromatic rings. The van der Waals surface area contributed by atoms with Crippen LogP contribution in [0.4, 0.5) is 0 Å². The van der Waals surface area contributed by atoms with E-state index in [0.29, 0.717) is 30.8 Å². The van der Waals surface area contributed by atoms with Crippen molar-refractivity contribution >= 4 is 5.78 Å². The van der Waals surface area contributed by atoms with Crippen LogP contribution in [-0.2, 0) is 9.53 Å². The normalized spacial score (nSPS) is 18.4. The van der Waals surface area contributed by atoms with Gasteiger partial charge in [0, 0.05) is 12.8 Å². The Morgan fingerprint density at radius 3 is 2.68 bits per heavy atom. The molecule has 1 fully saturated rings. The van der Waals surface area contributed by atoms with Crippen molar-refractivity contribution in [1.82, 2.24) is 5.32 Å². The van der Waals surface area contributed by atoms with Crippen molar-refractivity contribution in [2.45, 2.75) is 71.3 Å². The van der Waals surface area contributed by atoms with Gasteiger partial charge in [-0.25, -0.2) is 0 Å². The maximum absolute atomic E-state index is 11.9. The molecule has 3 nitrogen and oxygen atoms in total. The third-order valence-electron chi connectivity index (χ3n) is 4.08. The standard InChI is InChI=1S/C16H31NO2/c1-3-5-6-14(4-2)13-15(18)9-12-19-16-7-10-17-11-8-16/h14,16-17H,3-13H2,1-2H3. The van der Waals surface area contributed by atoms with Crippen LogP contribution >= 0.6 is 0 Å². The van der Waals surface area contributed by atoms with Crippen LogP contribution in [0.15, 0.2) is 0 Å². The third-order valence-corrected chi connectivity index (χ3v) is 4.08. The van der Waals surface area contributed by atoms with Gasteiger partial charge in [0.05, 0.1) is 12.7 Å². The molecule has 1 unspecified atom stereocenters. The SMILES string of the molecule is CCCCC(CC)CC(=O)CCOC1CCNCC1. The number of hydrogen-bond acceptors (Lipinski definition) is 3. The molecule has 112 valence electrons. The van der Waals surface area contributed by atoms with E-state index in [4.69, 9.17) is 4.74 Å². The molecule has 1 atom stereocenters. The van der Waals surface area contributed by atoms with Crippen molar-refractivity contribution in [2.75, 3.05) is 19.7 Å². The second-order valence-electron chi connectivity index (χ2n) is 5.73. The molecule has 0 radical (unpaired) electrons. The van der Waals surface area contributed by atoms with Crippen LogP contribution in [0.5, 0.6) is 0 Å². The van der Waals surface area contributed by atoms with Gasteiger partial charge in [0.25, 0.3) is 0 Å². The van der Waals surface area contributed by atoms with Gasteiger partial charge in [-0.1, -0.05) is 39.5 Å². The van der Waals surface area contributed by atoms with Gasteiger partial charge < -0.3 is 10.1 Å². The number of piperidine rings is 1. The van der Waals surface area contributed by atoms with E-state index in [9.17, 15) is 4.79 Å². The Hall–Kier alpha value is -0.410. The van der Waals surface area contributed by atoms with Crippen molar-refractivity contribution in [2.24, 2.45) is 5.92 Å². The molecular weight excluding hydrogens is 238 g/mol. The van der Waals surface area contributed by atoms with E-state index in [-0.39, 0.29) is 0 Å². The zero-order chi connectivity index (χ0) is 13.9. The first kappa shape index (κ1) is 16.6. The number of unbranched alkanes of at least 4 members (excludes halogenated alkanes) is 1. The minimum absolute atomic E-state index is 0.371. The monoisotopic (exact) mass is 269 g/mol. The predicted molar refractivity (Wildman–Crippen MR) is 79.4 cm³/mol. The Kier molecular flexibility index (Phi) is 9.10. The summed E-state index contributed by atoms with van der Waals surface area (Å²) in [6.45, 7) is 7.12. The van der Waals surface area contributed by atoms with E-state index < -0.39 is 0 Å². The zero-order valence-electron chi connectivity index (χ0n) is 12.7. The van der Waals surface area contributed by atoms with Crippen LogP contribution in [0, 0.1) is 5.92 Å². The molecule has 1 saturated heterocycles. The van der Waals surface area contributed by atoms with Crippen molar-refractivity contribution in [3.8, 4) is 0 Å². The summed E-state index contributed by atoms with van der Waals surface area (Å²) in [6.07, 6.45) is 8.70. The fourth-order valence-corrected chi connectivity index (χ4v) is 2.67. The maximum Gasteiger partial charge on any atom is 0.135 e. The van der Waals surface area contributed by atoms with Gasteiger partial charge in [-0.2, -0.15) is 0 Å². The van der Waals surface area contributed by atoms with Crippen molar-refractivity contribution < 1.29 is 9.53 Å². The molecule has 0 bridgehead atoms. The van der Waals surface area contributed by atoms with Gasteiger partial charge in [-0.3, -0.25) is 4.79 Å². The highest BCUT2D eigenvalue weighted by atomic mass is 16.5. The van der Waals surface area contributed by atoms with E-state index in [1.165, 1.54) is 19.3 Å². The first-order chi connectivity index (χ1) is 9.26. The molecule has 1 aliphatic heterocycles. The van der Waals surface area contributed by atoms with Crippen LogP contribution in [0.2, 0.25) is 0 Å². The van der Waals surface area contributed by atoms with Crippen molar-refractivity contribution in [3.63, 3.8) is 0 Å². The largest absolute Gasteiger partial charge is 0.378 e. The number of nitrogens with one attached hydrogen (secondary N) is 1. The molecule has 0 aromatic carbocycles. The fraction of sp³-hybridized carbons (Fsp3) is 0.938. The number of carbonyl (C=O) groups is 1. The first-order valence-electron chi connectivity index (χ1n) is 8.10. The highest BCUT2D eigenvalue weighted by molar-refractivity contribution is 5.78. The molecular formula is C16H31NO2. The Balaban J connectivity index is 2.08. The zero-order valence-corrected chi connectivity index (χ0v) is 12.7. The summed E-state index contributed by atoms with van der Waals surface area (Å²) in [5.41, 5.74) is 0. The molecule has 1 aliphatic rings. The van der Waals surface area contributed by atoms with Crippen LogP contribution in [0.1, 0.15) is 65.2 Å². The average Bonchev–Trinajstić information content (AvgIpc) is 2.44. The number of carbonyl (C=O) groups excluding carboxylic acids is 1. The Morgan fingerprint density at radius 2 is 2.05 bits per heavy atom. The number of rotatable bonds is 10. The quantitative estimate of drug-likeness (QED) is 0.661. The first-order valence-corrected chi connectivity index (χ1v) is 8.10. The number of Topliss-reactive ketones (excluding diaryl/α,β-unsaturated/α-hetero) is 1. The summed E-state index contributed by atoms with van der Waals surface area (Å²) in [7, 11) is 0. The van der Waals surface area contributed by atoms with E-state index in [2.05, 4.69) is 19.2 Å². The molecule has 19 heavy (non-hydrogen) atoms. The summed E-state index contributed by atoms with van der Waals surface area (Å²) in [6, 6.07) is 0. The maximum atomic E-state index is 11.9. The van der Waals surface area contributed by atoms with E-state index >= 15 is 0 Å². The lowest BCUT2D eigenvalue weighted by atomic mass is 9.93.